The van der Waals surface area contributed by atoms with E-state index in [1.54, 1.807) is 12.1 Å². The Hall–Kier alpha value is -0.730. The summed E-state index contributed by atoms with van der Waals surface area (Å²) in [6.07, 6.45) is 1.14. The topological polar surface area (TPSA) is 32.3 Å². The molecule has 2 rings (SSSR count). The molecule has 0 spiro atoms. The number of hydrogen-bond donors (Lipinski definition) is 2. The zero-order valence-electron chi connectivity index (χ0n) is 7.26. The highest BCUT2D eigenvalue weighted by atomic mass is 35.5. The van der Waals surface area contributed by atoms with Gasteiger partial charge in [0, 0.05) is 6.54 Å². The second-order valence-corrected chi connectivity index (χ2v) is 3.81. The van der Waals surface area contributed by atoms with E-state index in [0.29, 0.717) is 10.9 Å². The quantitative estimate of drug-likeness (QED) is 0.723. The number of benzene rings is 1. The number of rotatable bonds is 1. The second-order valence-electron chi connectivity index (χ2n) is 3.40. The molecule has 1 fully saturated rings. The van der Waals surface area contributed by atoms with Crippen LogP contribution in [0.25, 0.3) is 0 Å². The Balaban J connectivity index is 2.25. The number of phenols is 1. The van der Waals surface area contributed by atoms with E-state index in [4.69, 9.17) is 11.6 Å². The van der Waals surface area contributed by atoms with Crippen LogP contribution >= 0.6 is 11.6 Å². The fourth-order valence-electron chi connectivity index (χ4n) is 1.72. The molecule has 1 atom stereocenters. The van der Waals surface area contributed by atoms with Gasteiger partial charge in [-0.05, 0) is 36.6 Å². The molecule has 1 saturated heterocycles. The Morgan fingerprint density at radius 2 is 2.31 bits per heavy atom. The first-order valence-corrected chi connectivity index (χ1v) is 4.84. The van der Waals surface area contributed by atoms with Crippen LogP contribution in [-0.4, -0.2) is 18.2 Å². The summed E-state index contributed by atoms with van der Waals surface area (Å²) in [5.41, 5.74) is 1.17. The van der Waals surface area contributed by atoms with Gasteiger partial charge in [0.1, 0.15) is 5.75 Å². The van der Waals surface area contributed by atoms with Gasteiger partial charge in [-0.25, -0.2) is 0 Å². The van der Waals surface area contributed by atoms with E-state index in [2.05, 4.69) is 5.32 Å². The fraction of sp³-hybridized carbons (Fsp3) is 0.400. The van der Waals surface area contributed by atoms with Gasteiger partial charge in [0.15, 0.2) is 0 Å². The lowest BCUT2D eigenvalue weighted by Gasteiger charge is -2.09. The first-order chi connectivity index (χ1) is 6.27. The first-order valence-electron chi connectivity index (χ1n) is 4.46. The Bertz CT molecular complexity index is 308. The highest BCUT2D eigenvalue weighted by molar-refractivity contribution is 6.32. The van der Waals surface area contributed by atoms with Crippen molar-refractivity contribution in [3.63, 3.8) is 0 Å². The lowest BCUT2D eigenvalue weighted by atomic mass is 9.98. The van der Waals surface area contributed by atoms with E-state index >= 15 is 0 Å². The number of aromatic hydroxyl groups is 1. The van der Waals surface area contributed by atoms with Crippen LogP contribution in [0.4, 0.5) is 0 Å². The van der Waals surface area contributed by atoms with Crippen LogP contribution in [0.1, 0.15) is 17.9 Å². The van der Waals surface area contributed by atoms with Gasteiger partial charge >= 0.3 is 0 Å². The molecule has 0 aromatic heterocycles. The van der Waals surface area contributed by atoms with Gasteiger partial charge in [-0.15, -0.1) is 0 Å². The summed E-state index contributed by atoms with van der Waals surface area (Å²) in [4.78, 5) is 0. The molecule has 1 heterocycles. The van der Waals surface area contributed by atoms with Gasteiger partial charge in [0.2, 0.25) is 0 Å². The second kappa shape index (κ2) is 3.56. The Kier molecular flexibility index (Phi) is 2.42. The largest absolute Gasteiger partial charge is 0.506 e. The fourth-order valence-corrected chi connectivity index (χ4v) is 1.84. The average molecular weight is 198 g/mol. The van der Waals surface area contributed by atoms with E-state index in [0.717, 1.165) is 19.5 Å². The molecule has 1 aromatic carbocycles. The monoisotopic (exact) mass is 197 g/mol. The van der Waals surface area contributed by atoms with Gasteiger partial charge < -0.3 is 10.4 Å². The van der Waals surface area contributed by atoms with Crippen molar-refractivity contribution >= 4 is 11.6 Å². The molecule has 0 aliphatic carbocycles. The van der Waals surface area contributed by atoms with Crippen molar-refractivity contribution < 1.29 is 5.11 Å². The van der Waals surface area contributed by atoms with Crippen LogP contribution in [-0.2, 0) is 0 Å². The first kappa shape index (κ1) is 8.85. The third-order valence-electron chi connectivity index (χ3n) is 2.50. The Morgan fingerprint density at radius 1 is 1.46 bits per heavy atom. The minimum Gasteiger partial charge on any atom is -0.506 e. The summed E-state index contributed by atoms with van der Waals surface area (Å²) in [5, 5.41) is 13.1. The van der Waals surface area contributed by atoms with Gasteiger partial charge in [0.25, 0.3) is 0 Å². The van der Waals surface area contributed by atoms with Crippen LogP contribution in [0.2, 0.25) is 5.02 Å². The molecule has 2 nitrogen and oxygen atoms in total. The van der Waals surface area contributed by atoms with Gasteiger partial charge in [0.05, 0.1) is 5.02 Å². The molecule has 1 aliphatic heterocycles. The number of nitrogens with one attached hydrogen (secondary N) is 1. The van der Waals surface area contributed by atoms with Crippen molar-refractivity contribution in [3.05, 3.63) is 28.8 Å². The van der Waals surface area contributed by atoms with Crippen LogP contribution in [0.5, 0.6) is 5.75 Å². The van der Waals surface area contributed by atoms with E-state index in [9.17, 15) is 5.11 Å². The summed E-state index contributed by atoms with van der Waals surface area (Å²) in [7, 11) is 0. The maximum Gasteiger partial charge on any atom is 0.134 e. The molecule has 1 aliphatic rings. The summed E-state index contributed by atoms with van der Waals surface area (Å²) in [6, 6.07) is 5.50. The lowest BCUT2D eigenvalue weighted by Crippen LogP contribution is -2.07. The summed E-state index contributed by atoms with van der Waals surface area (Å²) >= 11 is 5.72. The summed E-state index contributed by atoms with van der Waals surface area (Å²) in [6.45, 7) is 2.06. The maximum absolute atomic E-state index is 9.41. The van der Waals surface area contributed by atoms with E-state index in [1.807, 2.05) is 6.07 Å². The highest BCUT2D eigenvalue weighted by Gasteiger charge is 2.17. The number of halogens is 1. The summed E-state index contributed by atoms with van der Waals surface area (Å²) in [5.74, 6) is 0.717. The lowest BCUT2D eigenvalue weighted by molar-refractivity contribution is 0.474. The molecule has 1 unspecified atom stereocenters. The van der Waals surface area contributed by atoms with E-state index in [1.165, 1.54) is 5.56 Å². The van der Waals surface area contributed by atoms with Crippen LogP contribution in [0.3, 0.4) is 0 Å². The van der Waals surface area contributed by atoms with E-state index in [-0.39, 0.29) is 5.75 Å². The third-order valence-corrected chi connectivity index (χ3v) is 2.82. The maximum atomic E-state index is 9.41. The Morgan fingerprint density at radius 3 is 2.92 bits per heavy atom. The van der Waals surface area contributed by atoms with Crippen molar-refractivity contribution in [2.24, 2.45) is 0 Å². The predicted molar refractivity (Wildman–Crippen MR) is 53.3 cm³/mol. The molecule has 1 aromatic rings. The molecule has 2 N–H and O–H groups in total. The zero-order chi connectivity index (χ0) is 9.26. The molecular weight excluding hydrogens is 186 g/mol. The molecule has 0 radical (unpaired) electrons. The molecule has 0 saturated carbocycles. The third kappa shape index (κ3) is 1.79. The molecule has 3 heteroatoms. The van der Waals surface area contributed by atoms with Crippen LogP contribution in [0.15, 0.2) is 18.2 Å². The zero-order valence-corrected chi connectivity index (χ0v) is 8.01. The van der Waals surface area contributed by atoms with Gasteiger partial charge in [-0.3, -0.25) is 0 Å². The van der Waals surface area contributed by atoms with Crippen LogP contribution < -0.4 is 5.32 Å². The average Bonchev–Trinajstić information content (AvgIpc) is 2.62. The standard InChI is InChI=1S/C10H12ClNO/c11-9-2-1-7(5-10(9)13)8-3-4-12-6-8/h1-2,5,8,12-13H,3-4,6H2. The Labute approximate surface area is 82.5 Å². The molecular formula is C10H12ClNO. The SMILES string of the molecule is Oc1cc(C2CCNC2)ccc1Cl. The predicted octanol–water partition coefficient (Wildman–Crippen LogP) is 2.12. The van der Waals surface area contributed by atoms with Crippen molar-refractivity contribution in [3.8, 4) is 5.75 Å². The highest BCUT2D eigenvalue weighted by Crippen LogP contribution is 2.29. The molecule has 0 bridgehead atoms. The van der Waals surface area contributed by atoms with Crippen molar-refractivity contribution in [2.75, 3.05) is 13.1 Å². The minimum atomic E-state index is 0.186. The van der Waals surface area contributed by atoms with Crippen molar-refractivity contribution in [2.45, 2.75) is 12.3 Å². The molecule has 13 heavy (non-hydrogen) atoms. The van der Waals surface area contributed by atoms with Crippen molar-refractivity contribution in [1.29, 1.82) is 0 Å². The summed E-state index contributed by atoms with van der Waals surface area (Å²) < 4.78 is 0. The smallest absolute Gasteiger partial charge is 0.134 e. The minimum absolute atomic E-state index is 0.186. The van der Waals surface area contributed by atoms with Gasteiger partial charge in [-0.1, -0.05) is 17.7 Å². The van der Waals surface area contributed by atoms with Crippen molar-refractivity contribution in [1.82, 2.24) is 5.32 Å². The number of phenolic OH excluding ortho intramolecular Hbond substituents is 1. The molecule has 70 valence electrons. The van der Waals surface area contributed by atoms with Crippen LogP contribution in [0, 0.1) is 0 Å². The van der Waals surface area contributed by atoms with Gasteiger partial charge in [-0.2, -0.15) is 0 Å². The van der Waals surface area contributed by atoms with E-state index < -0.39 is 0 Å². The number of hydrogen-bond acceptors (Lipinski definition) is 2. The molecule has 0 amide bonds. The normalized spacial score (nSPS) is 22.1.